The van der Waals surface area contributed by atoms with Crippen LogP contribution in [0.25, 0.3) is 0 Å². The van der Waals surface area contributed by atoms with Gasteiger partial charge >= 0.3 is 0 Å². The number of rotatable bonds is 5. The summed E-state index contributed by atoms with van der Waals surface area (Å²) in [6.07, 6.45) is 0. The summed E-state index contributed by atoms with van der Waals surface area (Å²) >= 11 is 0. The number of hydrogen-bond acceptors (Lipinski definition) is 3. The second-order valence-corrected chi connectivity index (χ2v) is 3.37. The van der Waals surface area contributed by atoms with E-state index >= 15 is 0 Å². The van der Waals surface area contributed by atoms with Gasteiger partial charge in [-0.2, -0.15) is 5.26 Å². The van der Waals surface area contributed by atoms with Gasteiger partial charge in [-0.05, 0) is 6.92 Å². The van der Waals surface area contributed by atoms with Gasteiger partial charge < -0.3 is 10.6 Å². The standard InChI is InChI=1S/C9H17N3O/c1-7(2)11-6-9(13)12-5-8(3)4-10/h7-8,11H,5-6H2,1-3H3,(H,12,13). The normalized spacial score (nSPS) is 12.2. The molecular weight excluding hydrogens is 166 g/mol. The van der Waals surface area contributed by atoms with Gasteiger partial charge in [0.2, 0.25) is 5.91 Å². The molecule has 1 amide bonds. The predicted molar refractivity (Wildman–Crippen MR) is 50.9 cm³/mol. The molecule has 4 heteroatoms. The lowest BCUT2D eigenvalue weighted by molar-refractivity contribution is -0.120. The molecule has 0 aliphatic rings. The molecule has 74 valence electrons. The molecule has 0 aromatic carbocycles. The topological polar surface area (TPSA) is 64.9 Å². The van der Waals surface area contributed by atoms with Crippen LogP contribution in [0.4, 0.5) is 0 Å². The molecular formula is C9H17N3O. The summed E-state index contributed by atoms with van der Waals surface area (Å²) in [4.78, 5) is 11.1. The van der Waals surface area contributed by atoms with Crippen molar-refractivity contribution in [3.05, 3.63) is 0 Å². The number of carbonyl (C=O) groups excluding carboxylic acids is 1. The maximum atomic E-state index is 11.1. The third kappa shape index (κ3) is 7.29. The Morgan fingerprint density at radius 2 is 2.08 bits per heavy atom. The van der Waals surface area contributed by atoms with Crippen molar-refractivity contribution in [3.8, 4) is 6.07 Å². The maximum Gasteiger partial charge on any atom is 0.234 e. The van der Waals surface area contributed by atoms with Crippen molar-refractivity contribution in [1.82, 2.24) is 10.6 Å². The van der Waals surface area contributed by atoms with Crippen LogP contribution in [-0.2, 0) is 4.79 Å². The molecule has 0 saturated heterocycles. The van der Waals surface area contributed by atoms with Crippen molar-refractivity contribution >= 4 is 5.91 Å². The smallest absolute Gasteiger partial charge is 0.234 e. The number of nitrogens with one attached hydrogen (secondary N) is 2. The zero-order valence-corrected chi connectivity index (χ0v) is 8.42. The van der Waals surface area contributed by atoms with E-state index in [1.165, 1.54) is 0 Å². The summed E-state index contributed by atoms with van der Waals surface area (Å²) in [5.41, 5.74) is 0. The molecule has 4 nitrogen and oxygen atoms in total. The summed E-state index contributed by atoms with van der Waals surface area (Å²) in [7, 11) is 0. The van der Waals surface area contributed by atoms with Gasteiger partial charge in [-0.3, -0.25) is 4.79 Å². The van der Waals surface area contributed by atoms with Crippen LogP contribution in [0, 0.1) is 17.2 Å². The molecule has 0 bridgehead atoms. The second kappa shape index (κ2) is 6.44. The van der Waals surface area contributed by atoms with Gasteiger partial charge in [-0.25, -0.2) is 0 Å². The van der Waals surface area contributed by atoms with Gasteiger partial charge in [0.25, 0.3) is 0 Å². The van der Waals surface area contributed by atoms with Crippen LogP contribution >= 0.6 is 0 Å². The number of nitriles is 1. The summed E-state index contributed by atoms with van der Waals surface area (Å²) < 4.78 is 0. The molecule has 1 unspecified atom stereocenters. The number of amides is 1. The Morgan fingerprint density at radius 3 is 2.54 bits per heavy atom. The van der Waals surface area contributed by atoms with Crippen molar-refractivity contribution in [1.29, 1.82) is 5.26 Å². The highest BCUT2D eigenvalue weighted by Crippen LogP contribution is 1.86. The molecule has 0 radical (unpaired) electrons. The van der Waals surface area contributed by atoms with E-state index in [4.69, 9.17) is 5.26 Å². The van der Waals surface area contributed by atoms with Crippen LogP contribution in [0.2, 0.25) is 0 Å². The van der Waals surface area contributed by atoms with Gasteiger partial charge in [0.1, 0.15) is 0 Å². The largest absolute Gasteiger partial charge is 0.354 e. The highest BCUT2D eigenvalue weighted by Gasteiger charge is 2.04. The fraction of sp³-hybridized carbons (Fsp3) is 0.778. The van der Waals surface area contributed by atoms with E-state index in [1.807, 2.05) is 13.8 Å². The summed E-state index contributed by atoms with van der Waals surface area (Å²) in [6.45, 7) is 6.47. The molecule has 0 saturated carbocycles. The van der Waals surface area contributed by atoms with Gasteiger partial charge in [0, 0.05) is 12.6 Å². The number of hydrogen-bond donors (Lipinski definition) is 2. The SMILES string of the molecule is CC(C#N)CNC(=O)CNC(C)C. The molecule has 0 spiro atoms. The van der Waals surface area contributed by atoms with Crippen molar-refractivity contribution in [2.45, 2.75) is 26.8 Å². The molecule has 0 aliphatic heterocycles. The lowest BCUT2D eigenvalue weighted by atomic mass is 10.2. The molecule has 0 heterocycles. The van der Waals surface area contributed by atoms with Crippen molar-refractivity contribution in [2.75, 3.05) is 13.1 Å². The minimum absolute atomic E-state index is 0.0594. The van der Waals surface area contributed by atoms with Crippen LogP contribution in [0.1, 0.15) is 20.8 Å². The molecule has 0 rings (SSSR count). The summed E-state index contributed by atoms with van der Waals surface area (Å²) in [6, 6.07) is 2.35. The Labute approximate surface area is 79.3 Å². The fourth-order valence-electron chi connectivity index (χ4n) is 0.672. The van der Waals surface area contributed by atoms with E-state index in [2.05, 4.69) is 16.7 Å². The molecule has 13 heavy (non-hydrogen) atoms. The average molecular weight is 183 g/mol. The summed E-state index contributed by atoms with van der Waals surface area (Å²) in [5.74, 6) is -0.182. The third-order valence-electron chi connectivity index (χ3n) is 1.50. The zero-order valence-electron chi connectivity index (χ0n) is 8.42. The monoisotopic (exact) mass is 183 g/mol. The van der Waals surface area contributed by atoms with E-state index in [0.29, 0.717) is 19.1 Å². The van der Waals surface area contributed by atoms with Gasteiger partial charge in [0.15, 0.2) is 0 Å². The zero-order chi connectivity index (χ0) is 10.3. The van der Waals surface area contributed by atoms with Crippen molar-refractivity contribution in [2.24, 2.45) is 5.92 Å². The third-order valence-corrected chi connectivity index (χ3v) is 1.50. The first-order valence-corrected chi connectivity index (χ1v) is 4.46. The quantitative estimate of drug-likeness (QED) is 0.642. The molecule has 2 N–H and O–H groups in total. The average Bonchev–Trinajstić information content (AvgIpc) is 2.10. The maximum absolute atomic E-state index is 11.1. The van der Waals surface area contributed by atoms with E-state index in [9.17, 15) is 4.79 Å². The lowest BCUT2D eigenvalue weighted by Gasteiger charge is -2.09. The van der Waals surface area contributed by atoms with Gasteiger partial charge in [0.05, 0.1) is 18.5 Å². The fourth-order valence-corrected chi connectivity index (χ4v) is 0.672. The minimum atomic E-state index is -0.122. The number of carbonyl (C=O) groups is 1. The first-order valence-electron chi connectivity index (χ1n) is 4.46. The van der Waals surface area contributed by atoms with Gasteiger partial charge in [-0.1, -0.05) is 13.8 Å². The number of nitrogens with zero attached hydrogens (tertiary/aromatic N) is 1. The van der Waals surface area contributed by atoms with Crippen LogP contribution in [0.15, 0.2) is 0 Å². The second-order valence-electron chi connectivity index (χ2n) is 3.37. The van der Waals surface area contributed by atoms with E-state index in [0.717, 1.165) is 0 Å². The minimum Gasteiger partial charge on any atom is -0.354 e. The Hall–Kier alpha value is -1.08. The molecule has 1 atom stereocenters. The molecule has 0 aromatic heterocycles. The lowest BCUT2D eigenvalue weighted by Crippen LogP contribution is -2.38. The highest BCUT2D eigenvalue weighted by atomic mass is 16.1. The van der Waals surface area contributed by atoms with E-state index in [1.54, 1.807) is 6.92 Å². The molecule has 0 fully saturated rings. The molecule has 0 aliphatic carbocycles. The van der Waals surface area contributed by atoms with Crippen molar-refractivity contribution < 1.29 is 4.79 Å². The van der Waals surface area contributed by atoms with Crippen LogP contribution in [0.5, 0.6) is 0 Å². The van der Waals surface area contributed by atoms with Crippen LogP contribution < -0.4 is 10.6 Å². The Balaban J connectivity index is 3.47. The first-order chi connectivity index (χ1) is 6.06. The Morgan fingerprint density at radius 1 is 1.46 bits per heavy atom. The van der Waals surface area contributed by atoms with Crippen LogP contribution in [-0.4, -0.2) is 25.0 Å². The Bertz CT molecular complexity index is 196. The predicted octanol–water partition coefficient (Wildman–Crippen LogP) is 0.260. The van der Waals surface area contributed by atoms with E-state index in [-0.39, 0.29) is 11.8 Å². The molecule has 0 aromatic rings. The Kier molecular flexibility index (Phi) is 5.90. The van der Waals surface area contributed by atoms with Crippen molar-refractivity contribution in [3.63, 3.8) is 0 Å². The van der Waals surface area contributed by atoms with Crippen LogP contribution in [0.3, 0.4) is 0 Å². The van der Waals surface area contributed by atoms with E-state index < -0.39 is 0 Å². The summed E-state index contributed by atoms with van der Waals surface area (Å²) in [5, 5.41) is 14.1. The van der Waals surface area contributed by atoms with Gasteiger partial charge in [-0.15, -0.1) is 0 Å². The highest BCUT2D eigenvalue weighted by molar-refractivity contribution is 5.78. The first kappa shape index (κ1) is 11.9.